The van der Waals surface area contributed by atoms with E-state index in [1.165, 1.54) is 0 Å². The van der Waals surface area contributed by atoms with Crippen molar-refractivity contribution in [2.45, 2.75) is 19.8 Å². The number of rotatable bonds is 8. The van der Waals surface area contributed by atoms with E-state index >= 15 is 0 Å². The van der Waals surface area contributed by atoms with Crippen LogP contribution < -0.4 is 14.8 Å². The standard InChI is InChI=1S/C18H21NO3/c1-2-13-22-17-11-7-6-10-16(17)19-18(20)12-14-21-15-8-4-3-5-9-15/h3-11H,2,12-14H2,1H3,(H,19,20). The number of hydrogen-bond donors (Lipinski definition) is 1. The molecule has 0 fully saturated rings. The highest BCUT2D eigenvalue weighted by Gasteiger charge is 2.07. The molecule has 2 aromatic carbocycles. The molecule has 2 rings (SSSR count). The van der Waals surface area contributed by atoms with Crippen molar-refractivity contribution in [1.82, 2.24) is 0 Å². The van der Waals surface area contributed by atoms with Crippen molar-refractivity contribution in [3.63, 3.8) is 0 Å². The van der Waals surface area contributed by atoms with Crippen molar-refractivity contribution in [3.8, 4) is 11.5 Å². The maximum absolute atomic E-state index is 12.0. The first-order chi connectivity index (χ1) is 10.8. The molecular weight excluding hydrogens is 278 g/mol. The monoisotopic (exact) mass is 299 g/mol. The molecule has 1 amide bonds. The van der Waals surface area contributed by atoms with Gasteiger partial charge in [0.05, 0.1) is 25.3 Å². The summed E-state index contributed by atoms with van der Waals surface area (Å²) in [6.07, 6.45) is 1.21. The van der Waals surface area contributed by atoms with Crippen LogP contribution in [0.4, 0.5) is 5.69 Å². The van der Waals surface area contributed by atoms with E-state index in [0.29, 0.717) is 24.7 Å². The van der Waals surface area contributed by atoms with Gasteiger partial charge in [-0.05, 0) is 30.7 Å². The lowest BCUT2D eigenvalue weighted by atomic mass is 10.2. The number of hydrogen-bond acceptors (Lipinski definition) is 3. The van der Waals surface area contributed by atoms with Gasteiger partial charge >= 0.3 is 0 Å². The largest absolute Gasteiger partial charge is 0.493 e. The Bertz CT molecular complexity index is 584. The molecule has 4 heteroatoms. The first kappa shape index (κ1) is 15.9. The van der Waals surface area contributed by atoms with Crippen LogP contribution in [-0.2, 0) is 4.79 Å². The van der Waals surface area contributed by atoms with E-state index < -0.39 is 0 Å². The third-order valence-electron chi connectivity index (χ3n) is 2.96. The van der Waals surface area contributed by atoms with Gasteiger partial charge < -0.3 is 14.8 Å². The Labute approximate surface area is 131 Å². The molecule has 2 aromatic rings. The van der Waals surface area contributed by atoms with E-state index in [0.717, 1.165) is 12.2 Å². The van der Waals surface area contributed by atoms with Crippen LogP contribution in [0.5, 0.6) is 11.5 Å². The van der Waals surface area contributed by atoms with Gasteiger partial charge in [-0.1, -0.05) is 37.3 Å². The Balaban J connectivity index is 1.81. The average Bonchev–Trinajstić information content (AvgIpc) is 2.55. The van der Waals surface area contributed by atoms with Crippen molar-refractivity contribution in [3.05, 3.63) is 54.6 Å². The smallest absolute Gasteiger partial charge is 0.227 e. The molecule has 0 aromatic heterocycles. The van der Waals surface area contributed by atoms with Crippen molar-refractivity contribution < 1.29 is 14.3 Å². The third kappa shape index (κ3) is 5.13. The van der Waals surface area contributed by atoms with Gasteiger partial charge in [-0.15, -0.1) is 0 Å². The van der Waals surface area contributed by atoms with Crippen LogP contribution >= 0.6 is 0 Å². The quantitative estimate of drug-likeness (QED) is 0.804. The highest BCUT2D eigenvalue weighted by molar-refractivity contribution is 5.92. The van der Waals surface area contributed by atoms with Gasteiger partial charge in [-0.2, -0.15) is 0 Å². The minimum absolute atomic E-state index is 0.0940. The van der Waals surface area contributed by atoms with Crippen molar-refractivity contribution in [2.75, 3.05) is 18.5 Å². The van der Waals surface area contributed by atoms with E-state index in [4.69, 9.17) is 9.47 Å². The van der Waals surface area contributed by atoms with Crippen LogP contribution in [-0.4, -0.2) is 19.1 Å². The predicted molar refractivity (Wildman–Crippen MR) is 87.4 cm³/mol. The summed E-state index contributed by atoms with van der Waals surface area (Å²) in [6.45, 7) is 3.01. The molecule has 1 N–H and O–H groups in total. The van der Waals surface area contributed by atoms with E-state index in [2.05, 4.69) is 5.32 Å². The normalized spacial score (nSPS) is 10.0. The van der Waals surface area contributed by atoms with Gasteiger partial charge in [0.25, 0.3) is 0 Å². The number of para-hydroxylation sites is 3. The molecule has 4 nitrogen and oxygen atoms in total. The Morgan fingerprint density at radius 1 is 0.955 bits per heavy atom. The Hall–Kier alpha value is -2.49. The topological polar surface area (TPSA) is 47.6 Å². The zero-order chi connectivity index (χ0) is 15.6. The van der Waals surface area contributed by atoms with Crippen LogP contribution in [0, 0.1) is 0 Å². The fourth-order valence-electron chi connectivity index (χ4n) is 1.90. The maximum Gasteiger partial charge on any atom is 0.227 e. The average molecular weight is 299 g/mol. The van der Waals surface area contributed by atoms with Gasteiger partial charge in [0.2, 0.25) is 5.91 Å². The van der Waals surface area contributed by atoms with Crippen molar-refractivity contribution in [2.24, 2.45) is 0 Å². The molecule has 0 atom stereocenters. The summed E-state index contributed by atoms with van der Waals surface area (Å²) in [5.41, 5.74) is 0.695. The lowest BCUT2D eigenvalue weighted by Gasteiger charge is -2.12. The van der Waals surface area contributed by atoms with E-state index in [-0.39, 0.29) is 12.3 Å². The second-order valence-corrected chi connectivity index (χ2v) is 4.80. The number of amides is 1. The number of nitrogens with one attached hydrogen (secondary N) is 1. The second-order valence-electron chi connectivity index (χ2n) is 4.80. The summed E-state index contributed by atoms with van der Waals surface area (Å²) in [6, 6.07) is 16.9. The molecule has 0 aliphatic rings. The fraction of sp³-hybridized carbons (Fsp3) is 0.278. The summed E-state index contributed by atoms with van der Waals surface area (Å²) in [5, 5.41) is 2.86. The maximum atomic E-state index is 12.0. The summed E-state index contributed by atoms with van der Waals surface area (Å²) >= 11 is 0. The van der Waals surface area contributed by atoms with E-state index in [1.807, 2.05) is 61.5 Å². The number of carbonyl (C=O) groups is 1. The predicted octanol–water partition coefficient (Wildman–Crippen LogP) is 3.88. The van der Waals surface area contributed by atoms with Gasteiger partial charge in [-0.3, -0.25) is 4.79 Å². The molecule has 0 saturated heterocycles. The van der Waals surface area contributed by atoms with Gasteiger partial charge in [0.1, 0.15) is 11.5 Å². The van der Waals surface area contributed by atoms with Crippen LogP contribution in [0.2, 0.25) is 0 Å². The first-order valence-corrected chi connectivity index (χ1v) is 7.49. The number of carbonyl (C=O) groups excluding carboxylic acids is 1. The SMILES string of the molecule is CCCOc1ccccc1NC(=O)CCOc1ccccc1. The summed E-state index contributed by atoms with van der Waals surface area (Å²) in [4.78, 5) is 12.0. The number of anilines is 1. The molecule has 0 spiro atoms. The molecule has 0 aliphatic carbocycles. The molecule has 0 unspecified atom stereocenters. The zero-order valence-corrected chi connectivity index (χ0v) is 12.7. The Kier molecular flexibility index (Phi) is 6.30. The molecule has 116 valence electrons. The number of benzene rings is 2. The molecule has 0 radical (unpaired) electrons. The Morgan fingerprint density at radius 2 is 1.68 bits per heavy atom. The second kappa shape index (κ2) is 8.72. The fourth-order valence-corrected chi connectivity index (χ4v) is 1.90. The first-order valence-electron chi connectivity index (χ1n) is 7.49. The summed E-state index contributed by atoms with van der Waals surface area (Å²) in [5.74, 6) is 1.37. The lowest BCUT2D eigenvalue weighted by Crippen LogP contribution is -2.16. The van der Waals surface area contributed by atoms with Crippen molar-refractivity contribution in [1.29, 1.82) is 0 Å². The van der Waals surface area contributed by atoms with Crippen LogP contribution in [0.25, 0.3) is 0 Å². The Morgan fingerprint density at radius 3 is 2.45 bits per heavy atom. The number of ether oxygens (including phenoxy) is 2. The third-order valence-corrected chi connectivity index (χ3v) is 2.96. The zero-order valence-electron chi connectivity index (χ0n) is 12.7. The molecule has 0 saturated carbocycles. The van der Waals surface area contributed by atoms with Crippen molar-refractivity contribution >= 4 is 11.6 Å². The lowest BCUT2D eigenvalue weighted by molar-refractivity contribution is -0.116. The summed E-state index contributed by atoms with van der Waals surface area (Å²) in [7, 11) is 0. The minimum atomic E-state index is -0.0940. The van der Waals surface area contributed by atoms with Gasteiger partial charge in [0.15, 0.2) is 0 Å². The van der Waals surface area contributed by atoms with Crippen LogP contribution in [0.15, 0.2) is 54.6 Å². The van der Waals surface area contributed by atoms with E-state index in [1.54, 1.807) is 0 Å². The minimum Gasteiger partial charge on any atom is -0.493 e. The molecule has 0 bridgehead atoms. The summed E-state index contributed by atoms with van der Waals surface area (Å²) < 4.78 is 11.1. The van der Waals surface area contributed by atoms with Crippen LogP contribution in [0.1, 0.15) is 19.8 Å². The molecule has 22 heavy (non-hydrogen) atoms. The van der Waals surface area contributed by atoms with Crippen LogP contribution in [0.3, 0.4) is 0 Å². The highest BCUT2D eigenvalue weighted by atomic mass is 16.5. The highest BCUT2D eigenvalue weighted by Crippen LogP contribution is 2.24. The molecular formula is C18H21NO3. The van der Waals surface area contributed by atoms with Gasteiger partial charge in [0, 0.05) is 0 Å². The van der Waals surface area contributed by atoms with Gasteiger partial charge in [-0.25, -0.2) is 0 Å². The molecule has 0 heterocycles. The molecule has 0 aliphatic heterocycles. The van der Waals surface area contributed by atoms with E-state index in [9.17, 15) is 4.79 Å².